The molecule has 0 aliphatic rings. The predicted octanol–water partition coefficient (Wildman–Crippen LogP) is 0.744. The molecule has 0 unspecified atom stereocenters. The summed E-state index contributed by atoms with van der Waals surface area (Å²) in [5, 5.41) is 8.63. The molecule has 0 amide bonds. The predicted molar refractivity (Wildman–Crippen MR) is 42.7 cm³/mol. The van der Waals surface area contributed by atoms with Gasteiger partial charge in [0.2, 0.25) is 0 Å². The fraction of sp³-hybridized carbons (Fsp3) is 0.250. The second-order valence-electron chi connectivity index (χ2n) is 2.10. The molecular weight excluding hydrogens is 142 g/mol. The van der Waals surface area contributed by atoms with Crippen LogP contribution < -0.4 is 5.73 Å². The van der Waals surface area contributed by atoms with Crippen molar-refractivity contribution in [2.24, 2.45) is 5.73 Å². The summed E-state index contributed by atoms with van der Waals surface area (Å²) in [5.41, 5.74) is 5.24. The van der Waals surface area contributed by atoms with Gasteiger partial charge in [0, 0.05) is 6.54 Å². The number of furan rings is 1. The zero-order chi connectivity index (χ0) is 8.10. The molecule has 3 N–H and O–H groups in total. The highest BCUT2D eigenvalue weighted by atomic mass is 16.4. The van der Waals surface area contributed by atoms with Crippen molar-refractivity contribution >= 4 is 6.08 Å². The van der Waals surface area contributed by atoms with Crippen molar-refractivity contribution < 1.29 is 9.52 Å². The molecule has 11 heavy (non-hydrogen) atoms. The van der Waals surface area contributed by atoms with Gasteiger partial charge in [-0.3, -0.25) is 0 Å². The number of hydrogen-bond donors (Lipinski definition) is 2. The van der Waals surface area contributed by atoms with Crippen molar-refractivity contribution in [2.75, 3.05) is 6.54 Å². The largest absolute Gasteiger partial charge is 0.459 e. The summed E-state index contributed by atoms with van der Waals surface area (Å²) in [5.74, 6) is 1.29. The maximum atomic E-state index is 8.63. The van der Waals surface area contributed by atoms with Gasteiger partial charge in [0.05, 0.1) is 0 Å². The van der Waals surface area contributed by atoms with E-state index in [9.17, 15) is 0 Å². The lowest BCUT2D eigenvalue weighted by molar-refractivity contribution is 0.246. The second kappa shape index (κ2) is 3.95. The lowest BCUT2D eigenvalue weighted by Crippen LogP contribution is -1.91. The van der Waals surface area contributed by atoms with Crippen LogP contribution in [0.25, 0.3) is 6.08 Å². The Labute approximate surface area is 65.1 Å². The van der Waals surface area contributed by atoms with E-state index >= 15 is 0 Å². The Bertz CT molecular complexity index is 240. The quantitative estimate of drug-likeness (QED) is 0.673. The molecule has 0 saturated heterocycles. The van der Waals surface area contributed by atoms with Crippen molar-refractivity contribution in [1.82, 2.24) is 0 Å². The van der Waals surface area contributed by atoms with Crippen LogP contribution in [0.15, 0.2) is 22.6 Å². The van der Waals surface area contributed by atoms with Gasteiger partial charge in [-0.25, -0.2) is 0 Å². The van der Waals surface area contributed by atoms with E-state index in [0.717, 1.165) is 5.76 Å². The zero-order valence-electron chi connectivity index (χ0n) is 6.16. The highest BCUT2D eigenvalue weighted by Gasteiger charge is 1.95. The molecule has 0 aliphatic carbocycles. The van der Waals surface area contributed by atoms with E-state index in [1.54, 1.807) is 24.3 Å². The van der Waals surface area contributed by atoms with Crippen LogP contribution in [-0.4, -0.2) is 11.7 Å². The molecule has 60 valence electrons. The van der Waals surface area contributed by atoms with Gasteiger partial charge in [-0.1, -0.05) is 6.08 Å². The molecule has 0 aliphatic heterocycles. The van der Waals surface area contributed by atoms with Crippen LogP contribution in [0, 0.1) is 0 Å². The Hall–Kier alpha value is -1.06. The summed E-state index contributed by atoms with van der Waals surface area (Å²) in [7, 11) is 0. The van der Waals surface area contributed by atoms with Crippen molar-refractivity contribution in [1.29, 1.82) is 0 Å². The van der Waals surface area contributed by atoms with Crippen molar-refractivity contribution in [3.63, 3.8) is 0 Å². The average molecular weight is 153 g/mol. The standard InChI is InChI=1S/C8H11NO2/c9-5-1-2-7-3-4-8(6-10)11-7/h1-4,10H,5-6,9H2. The first-order valence-corrected chi connectivity index (χ1v) is 3.43. The van der Waals surface area contributed by atoms with E-state index in [1.165, 1.54) is 0 Å². The molecule has 1 aromatic heterocycles. The average Bonchev–Trinajstić information content (AvgIpc) is 2.48. The van der Waals surface area contributed by atoms with Crippen LogP contribution in [0.2, 0.25) is 0 Å². The van der Waals surface area contributed by atoms with E-state index in [1.807, 2.05) is 0 Å². The van der Waals surface area contributed by atoms with Gasteiger partial charge in [-0.2, -0.15) is 0 Å². The van der Waals surface area contributed by atoms with Crippen molar-refractivity contribution in [2.45, 2.75) is 6.61 Å². The molecule has 1 aromatic rings. The molecule has 0 spiro atoms. The molecule has 0 aromatic carbocycles. The summed E-state index contributed by atoms with van der Waals surface area (Å²) < 4.78 is 5.14. The molecule has 3 heteroatoms. The minimum absolute atomic E-state index is 0.0591. The Kier molecular flexibility index (Phi) is 2.89. The van der Waals surface area contributed by atoms with Crippen LogP contribution in [0.3, 0.4) is 0 Å². The van der Waals surface area contributed by atoms with Gasteiger partial charge in [-0.15, -0.1) is 0 Å². The lowest BCUT2D eigenvalue weighted by Gasteiger charge is -1.85. The fourth-order valence-corrected chi connectivity index (χ4v) is 0.753. The van der Waals surface area contributed by atoms with E-state index in [4.69, 9.17) is 15.3 Å². The minimum Gasteiger partial charge on any atom is -0.459 e. The van der Waals surface area contributed by atoms with Crippen LogP contribution in [0.4, 0.5) is 0 Å². The summed E-state index contributed by atoms with van der Waals surface area (Å²) in [6.07, 6.45) is 3.57. The van der Waals surface area contributed by atoms with Crippen LogP contribution in [-0.2, 0) is 6.61 Å². The third-order valence-corrected chi connectivity index (χ3v) is 1.26. The minimum atomic E-state index is -0.0591. The fourth-order valence-electron chi connectivity index (χ4n) is 0.753. The number of aliphatic hydroxyl groups is 1. The molecular formula is C8H11NO2. The number of nitrogens with two attached hydrogens (primary N) is 1. The Morgan fingerprint density at radius 1 is 1.55 bits per heavy atom. The third kappa shape index (κ3) is 2.22. The number of aliphatic hydroxyl groups excluding tert-OH is 1. The third-order valence-electron chi connectivity index (χ3n) is 1.26. The van der Waals surface area contributed by atoms with Crippen molar-refractivity contribution in [3.05, 3.63) is 29.7 Å². The normalized spacial score (nSPS) is 11.1. The van der Waals surface area contributed by atoms with Crippen LogP contribution in [0.1, 0.15) is 11.5 Å². The van der Waals surface area contributed by atoms with Gasteiger partial charge < -0.3 is 15.3 Å². The smallest absolute Gasteiger partial charge is 0.130 e. The maximum absolute atomic E-state index is 8.63. The van der Waals surface area contributed by atoms with Gasteiger partial charge in [0.1, 0.15) is 18.1 Å². The van der Waals surface area contributed by atoms with E-state index in [2.05, 4.69) is 0 Å². The summed E-state index contributed by atoms with van der Waals surface area (Å²) in [6, 6.07) is 3.52. The van der Waals surface area contributed by atoms with E-state index in [0.29, 0.717) is 12.3 Å². The lowest BCUT2D eigenvalue weighted by atomic mass is 10.4. The molecule has 0 fully saturated rings. The van der Waals surface area contributed by atoms with Gasteiger partial charge in [0.25, 0.3) is 0 Å². The SMILES string of the molecule is NCC=Cc1ccc(CO)o1. The molecule has 0 saturated carbocycles. The Morgan fingerprint density at radius 2 is 2.36 bits per heavy atom. The monoisotopic (exact) mass is 153 g/mol. The number of hydrogen-bond acceptors (Lipinski definition) is 3. The van der Waals surface area contributed by atoms with Crippen LogP contribution in [0.5, 0.6) is 0 Å². The molecule has 1 heterocycles. The Morgan fingerprint density at radius 3 is 2.91 bits per heavy atom. The topological polar surface area (TPSA) is 59.4 Å². The molecule has 3 nitrogen and oxygen atoms in total. The molecule has 0 radical (unpaired) electrons. The van der Waals surface area contributed by atoms with Crippen molar-refractivity contribution in [3.8, 4) is 0 Å². The first kappa shape index (κ1) is 8.04. The van der Waals surface area contributed by atoms with Gasteiger partial charge >= 0.3 is 0 Å². The van der Waals surface area contributed by atoms with Gasteiger partial charge in [-0.05, 0) is 18.2 Å². The number of rotatable bonds is 3. The van der Waals surface area contributed by atoms with Gasteiger partial charge in [0.15, 0.2) is 0 Å². The highest BCUT2D eigenvalue weighted by Crippen LogP contribution is 2.08. The first-order valence-electron chi connectivity index (χ1n) is 3.43. The van der Waals surface area contributed by atoms with E-state index < -0.39 is 0 Å². The zero-order valence-corrected chi connectivity index (χ0v) is 6.16. The van der Waals surface area contributed by atoms with E-state index in [-0.39, 0.29) is 6.61 Å². The summed E-state index contributed by atoms with van der Waals surface area (Å²) >= 11 is 0. The summed E-state index contributed by atoms with van der Waals surface area (Å²) in [6.45, 7) is 0.436. The molecule has 1 rings (SSSR count). The highest BCUT2D eigenvalue weighted by molar-refractivity contribution is 5.42. The second-order valence-corrected chi connectivity index (χ2v) is 2.10. The summed E-state index contributed by atoms with van der Waals surface area (Å²) in [4.78, 5) is 0. The molecule has 0 bridgehead atoms. The maximum Gasteiger partial charge on any atom is 0.130 e. The Balaban J connectivity index is 2.65. The molecule has 0 atom stereocenters. The first-order chi connectivity index (χ1) is 5.36. The van der Waals surface area contributed by atoms with Crippen LogP contribution >= 0.6 is 0 Å².